The van der Waals surface area contributed by atoms with Crippen LogP contribution in [0.25, 0.3) is 11.0 Å². The molecule has 1 aromatic carbocycles. The number of ether oxygens (including phenoxy) is 2. The molecule has 4 amide bonds. The molecule has 20 heteroatoms. The summed E-state index contributed by atoms with van der Waals surface area (Å²) in [5, 5.41) is 5.24. The second-order valence-corrected chi connectivity index (χ2v) is 20.4. The molecule has 14 nitrogen and oxygen atoms in total. The summed E-state index contributed by atoms with van der Waals surface area (Å²) in [6.07, 6.45) is -5.00. The molecule has 8 unspecified atom stereocenters. The number of sulfonamides is 1. The highest BCUT2D eigenvalue weighted by Gasteiger charge is 2.67. The first-order valence-corrected chi connectivity index (χ1v) is 21.3. The average Bonchev–Trinajstić information content (AvgIpc) is 4.07. The van der Waals surface area contributed by atoms with Gasteiger partial charge in [0.05, 0.1) is 28.2 Å². The zero-order valence-corrected chi connectivity index (χ0v) is 34.2. The number of benzene rings is 1. The van der Waals surface area contributed by atoms with Gasteiger partial charge in [-0.25, -0.2) is 32.0 Å². The fourth-order valence-electron chi connectivity index (χ4n) is 7.96. The molecule has 1 saturated heterocycles. The van der Waals surface area contributed by atoms with Crippen LogP contribution in [0.1, 0.15) is 91.7 Å². The molecule has 58 heavy (non-hydrogen) atoms. The minimum atomic E-state index is -4.31. The lowest BCUT2D eigenvalue weighted by molar-refractivity contribution is -0.143. The summed E-state index contributed by atoms with van der Waals surface area (Å²) in [5.41, 5.74) is -3.89. The third-order valence-corrected chi connectivity index (χ3v) is 14.7. The van der Waals surface area contributed by atoms with Crippen molar-refractivity contribution in [2.45, 2.75) is 133 Å². The Morgan fingerprint density at radius 1 is 1.05 bits per heavy atom. The molecule has 318 valence electrons. The number of rotatable bonds is 6. The summed E-state index contributed by atoms with van der Waals surface area (Å²) in [4.78, 5) is 65.6. The molecular weight excluding hydrogens is 812 g/mol. The number of nitrogens with one attached hydrogen (secondary N) is 3. The maximum Gasteiger partial charge on any atom is 0.408 e. The minimum Gasteiger partial charge on any atom is -0.471 e. The van der Waals surface area contributed by atoms with Crippen molar-refractivity contribution in [2.24, 2.45) is 23.2 Å². The quantitative estimate of drug-likeness (QED) is 0.326. The highest BCUT2D eigenvalue weighted by Crippen LogP contribution is 2.50. The van der Waals surface area contributed by atoms with E-state index >= 15 is 8.78 Å². The molecule has 3 aliphatic carbocycles. The van der Waals surface area contributed by atoms with E-state index < -0.39 is 129 Å². The van der Waals surface area contributed by atoms with Gasteiger partial charge in [0.25, 0.3) is 11.8 Å². The number of alkyl carbamates (subject to hydrolysis) is 1. The van der Waals surface area contributed by atoms with E-state index in [0.29, 0.717) is 19.3 Å². The standard InChI is InChI=1S/C38H47ClF4N6O8S/c1-18-25-17-49(26(18)30(50)47-37(16-21(37)29(40)41)33(52)48-58(54,55)36(5)12-13-36)32(51)28(35(2,3)4)46-34(53)57-24-14-19(24)8-6-7-11-38(42,43)27-31(56-25)45-23-15-20(39)9-10-22(23)44-27/h9-10,15,18-19,21,24-26,28-29H,6-8,11-14,16-17H2,1-5H3,(H,46,53)(H,47,50)(H,48,52). The molecule has 3 N–H and O–H groups in total. The van der Waals surface area contributed by atoms with Crippen LogP contribution in [0.4, 0.5) is 22.4 Å². The molecule has 2 aromatic rings. The molecule has 5 aliphatic rings. The van der Waals surface area contributed by atoms with Crippen LogP contribution >= 0.6 is 11.6 Å². The third kappa shape index (κ3) is 8.00. The Hall–Kier alpha value is -4.00. The van der Waals surface area contributed by atoms with Crippen molar-refractivity contribution in [1.82, 2.24) is 30.2 Å². The fraction of sp³-hybridized carbons (Fsp3) is 0.684. The van der Waals surface area contributed by atoms with Gasteiger partial charge in [-0.3, -0.25) is 19.1 Å². The van der Waals surface area contributed by atoms with Gasteiger partial charge in [-0.1, -0.05) is 45.7 Å². The molecule has 0 spiro atoms. The Morgan fingerprint density at radius 2 is 1.76 bits per heavy atom. The van der Waals surface area contributed by atoms with Crippen LogP contribution < -0.4 is 20.1 Å². The van der Waals surface area contributed by atoms with E-state index in [4.69, 9.17) is 21.1 Å². The van der Waals surface area contributed by atoms with Crippen molar-refractivity contribution >= 4 is 56.5 Å². The van der Waals surface area contributed by atoms with Crippen molar-refractivity contribution in [2.75, 3.05) is 6.54 Å². The molecule has 8 atom stereocenters. The van der Waals surface area contributed by atoms with Crippen LogP contribution in [0, 0.1) is 23.2 Å². The first-order chi connectivity index (χ1) is 27.0. The predicted molar refractivity (Wildman–Crippen MR) is 200 cm³/mol. The summed E-state index contributed by atoms with van der Waals surface area (Å²) >= 11 is 6.20. The first-order valence-electron chi connectivity index (χ1n) is 19.4. The van der Waals surface area contributed by atoms with Gasteiger partial charge >= 0.3 is 6.09 Å². The average molecular weight is 859 g/mol. The van der Waals surface area contributed by atoms with Crippen molar-refractivity contribution in [3.63, 3.8) is 0 Å². The van der Waals surface area contributed by atoms with Crippen LogP contribution in [0.3, 0.4) is 0 Å². The summed E-state index contributed by atoms with van der Waals surface area (Å²) in [7, 11) is -4.31. The van der Waals surface area contributed by atoms with Crippen molar-refractivity contribution < 1.29 is 54.6 Å². The molecule has 7 rings (SSSR count). The summed E-state index contributed by atoms with van der Waals surface area (Å²) < 4.78 is 99.4. The second-order valence-electron chi connectivity index (χ2n) is 17.8. The number of amides is 4. The van der Waals surface area contributed by atoms with E-state index in [1.54, 1.807) is 20.8 Å². The molecule has 2 bridgehead atoms. The topological polar surface area (TPSA) is 186 Å². The largest absolute Gasteiger partial charge is 0.471 e. The number of nitrogens with zero attached hydrogens (tertiary/aromatic N) is 3. The number of aromatic nitrogens is 2. The van der Waals surface area contributed by atoms with Gasteiger partial charge in [-0.2, -0.15) is 8.78 Å². The van der Waals surface area contributed by atoms with E-state index in [-0.39, 0.29) is 41.2 Å². The van der Waals surface area contributed by atoms with E-state index in [1.807, 2.05) is 4.72 Å². The van der Waals surface area contributed by atoms with Gasteiger partial charge in [-0.15, -0.1) is 0 Å². The lowest BCUT2D eigenvalue weighted by Crippen LogP contribution is -2.61. The van der Waals surface area contributed by atoms with Gasteiger partial charge in [-0.05, 0) is 75.0 Å². The summed E-state index contributed by atoms with van der Waals surface area (Å²) in [6, 6.07) is 1.38. The maximum absolute atomic E-state index is 16.2. The summed E-state index contributed by atoms with van der Waals surface area (Å²) in [6.45, 7) is 7.40. The third-order valence-electron chi connectivity index (χ3n) is 12.3. The molecule has 1 aromatic heterocycles. The lowest BCUT2D eigenvalue weighted by atomic mass is 9.85. The van der Waals surface area contributed by atoms with Crippen molar-refractivity contribution in [1.29, 1.82) is 0 Å². The van der Waals surface area contributed by atoms with E-state index in [9.17, 15) is 36.4 Å². The number of alkyl halides is 4. The molecular formula is C38H47ClF4N6O8S. The van der Waals surface area contributed by atoms with Crippen molar-refractivity contribution in [3.8, 4) is 5.88 Å². The maximum atomic E-state index is 16.2. The SMILES string of the molecule is CC1C2CN(C(=O)C(C(C)(C)C)NC(=O)OC3CC3CCCCC(F)(F)c3nc4ccc(Cl)cc4nc3O2)C1C(=O)NC1(C(=O)NS(=O)(=O)C2(C)CC2)CC1C(F)F. The van der Waals surface area contributed by atoms with E-state index in [0.717, 1.165) is 4.90 Å². The van der Waals surface area contributed by atoms with Crippen LogP contribution in [-0.4, -0.2) is 94.6 Å². The van der Waals surface area contributed by atoms with Gasteiger partial charge in [0.15, 0.2) is 5.69 Å². The number of hydrogen-bond donors (Lipinski definition) is 3. The fourth-order valence-corrected chi connectivity index (χ4v) is 9.44. The second kappa shape index (κ2) is 14.6. The Labute approximate surface area is 337 Å². The van der Waals surface area contributed by atoms with Crippen LogP contribution in [0.15, 0.2) is 18.2 Å². The van der Waals surface area contributed by atoms with Gasteiger partial charge in [0.2, 0.25) is 34.1 Å². The normalized spacial score (nSPS) is 32.1. The zero-order chi connectivity index (χ0) is 42.3. The monoisotopic (exact) mass is 858 g/mol. The van der Waals surface area contributed by atoms with Gasteiger partial charge in [0.1, 0.15) is 29.8 Å². The number of fused-ring (bicyclic) bond motifs is 5. The number of carbonyl (C=O) groups excluding carboxylic acids is 4. The Bertz CT molecular complexity index is 2140. The lowest BCUT2D eigenvalue weighted by Gasteiger charge is -2.36. The first kappa shape index (κ1) is 42.1. The van der Waals surface area contributed by atoms with Gasteiger partial charge < -0.3 is 25.0 Å². The Morgan fingerprint density at radius 3 is 2.40 bits per heavy atom. The summed E-state index contributed by atoms with van der Waals surface area (Å²) in [5.74, 6) is -10.3. The van der Waals surface area contributed by atoms with Crippen LogP contribution in [0.5, 0.6) is 5.88 Å². The molecule has 2 aliphatic heterocycles. The predicted octanol–water partition coefficient (Wildman–Crippen LogP) is 5.21. The minimum absolute atomic E-state index is 0.0643. The Kier molecular flexibility index (Phi) is 10.6. The smallest absolute Gasteiger partial charge is 0.408 e. The molecule has 3 saturated carbocycles. The highest BCUT2D eigenvalue weighted by molar-refractivity contribution is 7.91. The van der Waals surface area contributed by atoms with Crippen molar-refractivity contribution in [3.05, 3.63) is 28.9 Å². The number of halogens is 5. The molecule has 3 heterocycles. The molecule has 4 fully saturated rings. The van der Waals surface area contributed by atoms with E-state index in [1.165, 1.54) is 32.0 Å². The number of carbonyl (C=O) groups is 4. The molecule has 0 radical (unpaired) electrons. The Balaban J connectivity index is 1.28. The zero-order valence-electron chi connectivity index (χ0n) is 32.6. The highest BCUT2D eigenvalue weighted by atomic mass is 35.5. The van der Waals surface area contributed by atoms with Gasteiger partial charge in [0, 0.05) is 17.4 Å². The number of hydrogen-bond acceptors (Lipinski definition) is 10. The van der Waals surface area contributed by atoms with E-state index in [2.05, 4.69) is 20.6 Å². The van der Waals surface area contributed by atoms with Crippen LogP contribution in [0.2, 0.25) is 5.02 Å². The van der Waals surface area contributed by atoms with Crippen LogP contribution in [-0.2, 0) is 35.1 Å².